The summed E-state index contributed by atoms with van der Waals surface area (Å²) in [6.07, 6.45) is 3.72. The molecule has 0 heterocycles. The molecule has 2 N–H and O–H groups in total. The number of hydrogen-bond donors (Lipinski definition) is 2. The highest BCUT2D eigenvalue weighted by Gasteiger charge is 2.17. The van der Waals surface area contributed by atoms with Crippen LogP contribution in [0.3, 0.4) is 0 Å². The Morgan fingerprint density at radius 1 is 1.11 bits per heavy atom. The summed E-state index contributed by atoms with van der Waals surface area (Å²) >= 11 is 0. The summed E-state index contributed by atoms with van der Waals surface area (Å²) in [5.41, 5.74) is 3.28. The predicted octanol–water partition coefficient (Wildman–Crippen LogP) is 5.88. The van der Waals surface area contributed by atoms with E-state index in [-0.39, 0.29) is 23.8 Å². The number of hydrogen-bond acceptors (Lipinski definition) is 5. The number of nitrogens with zero attached hydrogens (tertiary/aromatic N) is 1. The average Bonchev–Trinajstić information content (AvgIpc) is 2.92. The van der Waals surface area contributed by atoms with E-state index in [0.717, 1.165) is 16.7 Å². The molecule has 38 heavy (non-hydrogen) atoms. The molecule has 0 saturated heterocycles. The molecule has 194 valence electrons. The van der Waals surface area contributed by atoms with E-state index in [1.54, 1.807) is 24.3 Å². The first-order valence-electron chi connectivity index (χ1n) is 12.2. The summed E-state index contributed by atoms with van der Waals surface area (Å²) in [7, 11) is 0. The minimum Gasteiger partial charge on any atom is -0.490 e. The third kappa shape index (κ3) is 7.34. The maximum absolute atomic E-state index is 12.9. The van der Waals surface area contributed by atoms with Crippen LogP contribution in [0.15, 0.2) is 85.0 Å². The highest BCUT2D eigenvalue weighted by Crippen LogP contribution is 2.35. The zero-order valence-electron chi connectivity index (χ0n) is 21.4. The van der Waals surface area contributed by atoms with Crippen molar-refractivity contribution in [2.45, 2.75) is 32.9 Å². The lowest BCUT2D eigenvalue weighted by Crippen LogP contribution is -2.27. The van der Waals surface area contributed by atoms with E-state index in [9.17, 15) is 14.9 Å². The third-order valence-electron chi connectivity index (χ3n) is 5.73. The summed E-state index contributed by atoms with van der Waals surface area (Å²) in [6.45, 7) is 8.12. The van der Waals surface area contributed by atoms with Crippen molar-refractivity contribution in [2.24, 2.45) is 0 Å². The molecule has 3 aromatic rings. The summed E-state index contributed by atoms with van der Waals surface area (Å²) in [6, 6.07) is 21.2. The molecule has 0 aliphatic heterocycles. The summed E-state index contributed by atoms with van der Waals surface area (Å²) < 4.78 is 12.0. The van der Waals surface area contributed by atoms with Gasteiger partial charge in [0, 0.05) is 5.56 Å². The van der Waals surface area contributed by atoms with Crippen LogP contribution in [0.25, 0.3) is 6.08 Å². The first kappa shape index (κ1) is 27.8. The molecule has 0 radical (unpaired) electrons. The number of nitriles is 1. The number of rotatable bonds is 12. The van der Waals surface area contributed by atoms with E-state index in [2.05, 4.69) is 11.9 Å². The van der Waals surface area contributed by atoms with E-state index in [1.807, 2.05) is 56.3 Å². The van der Waals surface area contributed by atoms with Gasteiger partial charge in [-0.3, -0.25) is 4.79 Å². The maximum atomic E-state index is 12.9. The number of nitrogens with one attached hydrogen (secondary N) is 1. The largest absolute Gasteiger partial charge is 0.490 e. The molecule has 0 saturated carbocycles. The number of carbonyl (C=O) groups excluding carboxylic acids is 1. The number of aromatic carboxylic acids is 1. The maximum Gasteiger partial charge on any atom is 0.335 e. The second kappa shape index (κ2) is 13.5. The monoisotopic (exact) mass is 510 g/mol. The molecule has 7 nitrogen and oxygen atoms in total. The third-order valence-corrected chi connectivity index (χ3v) is 5.73. The Bertz CT molecular complexity index is 1360. The second-order valence-corrected chi connectivity index (χ2v) is 8.50. The van der Waals surface area contributed by atoms with Gasteiger partial charge in [-0.15, -0.1) is 6.58 Å². The van der Waals surface area contributed by atoms with Gasteiger partial charge >= 0.3 is 5.97 Å². The van der Waals surface area contributed by atoms with E-state index in [4.69, 9.17) is 14.6 Å². The van der Waals surface area contributed by atoms with Crippen molar-refractivity contribution in [1.82, 2.24) is 5.32 Å². The Kier molecular flexibility index (Phi) is 9.84. The van der Waals surface area contributed by atoms with E-state index in [1.165, 1.54) is 18.2 Å². The first-order valence-corrected chi connectivity index (χ1v) is 12.2. The Labute approximate surface area is 222 Å². The van der Waals surface area contributed by atoms with E-state index >= 15 is 0 Å². The van der Waals surface area contributed by atoms with Crippen molar-refractivity contribution >= 4 is 18.0 Å². The lowest BCUT2D eigenvalue weighted by atomic mass is 10.0. The molecule has 1 atom stereocenters. The molecule has 3 aromatic carbocycles. The van der Waals surface area contributed by atoms with E-state index < -0.39 is 11.9 Å². The van der Waals surface area contributed by atoms with Gasteiger partial charge < -0.3 is 19.9 Å². The summed E-state index contributed by atoms with van der Waals surface area (Å²) in [5, 5.41) is 21.7. The number of carboxylic acid groups (broad SMARTS) is 1. The van der Waals surface area contributed by atoms with Gasteiger partial charge in [-0.25, -0.2) is 4.79 Å². The Hall–Kier alpha value is -4.83. The molecule has 3 rings (SSSR count). The van der Waals surface area contributed by atoms with Crippen molar-refractivity contribution in [2.75, 3.05) is 6.61 Å². The standard InChI is InChI=1S/C31H30N2O5/c1-4-9-26-16-23(17-27(19-32)30(34)33-21(3)24-10-7-6-8-11-24)18-28(37-5-2)29(26)38-20-22-12-14-25(15-13-22)31(35)36/h4,6-8,10-18,21H,1,5,9,20H2,2-3H3,(H,33,34)(H,35,36)/b27-17-/t21-/m0/s1. The average molecular weight is 511 g/mol. The van der Waals surface area contributed by atoms with Crippen molar-refractivity contribution in [3.63, 3.8) is 0 Å². The second-order valence-electron chi connectivity index (χ2n) is 8.50. The molecule has 1 amide bonds. The van der Waals surface area contributed by atoms with E-state index in [0.29, 0.717) is 30.1 Å². The Morgan fingerprint density at radius 3 is 2.42 bits per heavy atom. The molecule has 0 unspecified atom stereocenters. The lowest BCUT2D eigenvalue weighted by Gasteiger charge is -2.17. The zero-order valence-corrected chi connectivity index (χ0v) is 21.4. The zero-order chi connectivity index (χ0) is 27.5. The molecule has 0 aromatic heterocycles. The fourth-order valence-electron chi connectivity index (χ4n) is 3.81. The van der Waals surface area contributed by atoms with Crippen molar-refractivity contribution in [3.05, 3.63) is 113 Å². The van der Waals surface area contributed by atoms with Crippen LogP contribution in [-0.4, -0.2) is 23.6 Å². The molecule has 7 heteroatoms. The van der Waals surface area contributed by atoms with Gasteiger partial charge in [-0.2, -0.15) is 5.26 Å². The van der Waals surface area contributed by atoms with Gasteiger partial charge in [0.15, 0.2) is 11.5 Å². The Balaban J connectivity index is 1.88. The van der Waals surface area contributed by atoms with Crippen LogP contribution in [-0.2, 0) is 17.8 Å². The normalized spacial score (nSPS) is 11.7. The van der Waals surface area contributed by atoms with Crippen LogP contribution >= 0.6 is 0 Å². The number of amides is 1. The van der Waals surface area contributed by atoms with Crippen LogP contribution in [0.5, 0.6) is 11.5 Å². The SMILES string of the molecule is C=CCc1cc(/C=C(/C#N)C(=O)N[C@@H](C)c2ccccc2)cc(OCC)c1OCc1ccc(C(=O)O)cc1. The van der Waals surface area contributed by atoms with Crippen molar-refractivity contribution in [3.8, 4) is 17.6 Å². The minimum atomic E-state index is -0.993. The Morgan fingerprint density at radius 2 is 1.82 bits per heavy atom. The first-order chi connectivity index (χ1) is 18.4. The smallest absolute Gasteiger partial charge is 0.335 e. The van der Waals surface area contributed by atoms with Gasteiger partial charge in [-0.05, 0) is 67.3 Å². The summed E-state index contributed by atoms with van der Waals surface area (Å²) in [4.78, 5) is 24.0. The molecule has 0 aliphatic carbocycles. The van der Waals surface area contributed by atoms with Crippen molar-refractivity contribution < 1.29 is 24.2 Å². The highest BCUT2D eigenvalue weighted by atomic mass is 16.5. The minimum absolute atomic E-state index is 0.0352. The van der Waals surface area contributed by atoms with Gasteiger partial charge in [0.25, 0.3) is 5.91 Å². The fourth-order valence-corrected chi connectivity index (χ4v) is 3.81. The number of ether oxygens (including phenoxy) is 2. The fraction of sp³-hybridized carbons (Fsp3) is 0.194. The molecule has 0 bridgehead atoms. The van der Waals surface area contributed by atoms with Crippen LogP contribution in [0, 0.1) is 11.3 Å². The molecule has 0 aliphatic rings. The van der Waals surface area contributed by atoms with Gasteiger partial charge in [-0.1, -0.05) is 48.5 Å². The topological polar surface area (TPSA) is 109 Å². The molecular weight excluding hydrogens is 480 g/mol. The number of carbonyl (C=O) groups is 2. The highest BCUT2D eigenvalue weighted by molar-refractivity contribution is 6.02. The molecule has 0 fully saturated rings. The van der Waals surface area contributed by atoms with Gasteiger partial charge in [0.1, 0.15) is 18.2 Å². The number of carboxylic acids is 1. The predicted molar refractivity (Wildman–Crippen MR) is 146 cm³/mol. The molecule has 0 spiro atoms. The van der Waals surface area contributed by atoms with Crippen LogP contribution in [0.2, 0.25) is 0 Å². The number of allylic oxidation sites excluding steroid dienone is 1. The van der Waals surface area contributed by atoms with Crippen LogP contribution in [0.4, 0.5) is 0 Å². The lowest BCUT2D eigenvalue weighted by molar-refractivity contribution is -0.117. The quantitative estimate of drug-likeness (QED) is 0.179. The van der Waals surface area contributed by atoms with Crippen LogP contribution < -0.4 is 14.8 Å². The molecular formula is C31H30N2O5. The summed E-state index contributed by atoms with van der Waals surface area (Å²) in [5.74, 6) is -0.479. The van der Waals surface area contributed by atoms with Crippen molar-refractivity contribution in [1.29, 1.82) is 5.26 Å². The van der Waals surface area contributed by atoms with Gasteiger partial charge in [0.05, 0.1) is 18.2 Å². The van der Waals surface area contributed by atoms with Gasteiger partial charge in [0.2, 0.25) is 0 Å². The van der Waals surface area contributed by atoms with Crippen LogP contribution in [0.1, 0.15) is 52.5 Å². The number of benzene rings is 3.